The predicted molar refractivity (Wildman–Crippen MR) is 184 cm³/mol. The maximum absolute atomic E-state index is 6.76. The number of benzene rings is 1. The first-order chi connectivity index (χ1) is 21.4. The number of hydrogen-bond donors (Lipinski definition) is 1. The molecule has 1 saturated heterocycles. The first kappa shape index (κ1) is 31.5. The molecule has 1 saturated carbocycles. The largest absolute Gasteiger partial charge is 0.496 e. The molecule has 4 heterocycles. The molecule has 10 nitrogen and oxygen atoms in total. The SMILES string of the molecule is COc1cc(-n2cnc(Nc3nc(N4CCC[C@H]4CO[Si](C)(C)C(C)(C)C)c4c(C)nn(C5CCCC5)c4n3)c2)cc(C)c1C. The highest BCUT2D eigenvalue weighted by atomic mass is 28.4. The highest BCUT2D eigenvalue weighted by molar-refractivity contribution is 6.74. The topological polar surface area (TPSA) is 95.1 Å². The number of aryl methyl sites for hydroxylation is 2. The molecular weight excluding hydrogens is 581 g/mol. The lowest BCUT2D eigenvalue weighted by Gasteiger charge is -2.38. The molecule has 1 N–H and O–H groups in total. The summed E-state index contributed by atoms with van der Waals surface area (Å²) in [6.45, 7) is 19.5. The van der Waals surface area contributed by atoms with Crippen molar-refractivity contribution in [3.8, 4) is 11.4 Å². The zero-order valence-corrected chi connectivity index (χ0v) is 29.6. The lowest BCUT2D eigenvalue weighted by atomic mass is 10.1. The van der Waals surface area contributed by atoms with Crippen LogP contribution in [0.15, 0.2) is 24.7 Å². The number of imidazole rings is 1. The number of methoxy groups -OCH3 is 1. The van der Waals surface area contributed by atoms with E-state index in [-0.39, 0.29) is 11.1 Å². The Hall–Kier alpha value is -3.44. The van der Waals surface area contributed by atoms with E-state index in [9.17, 15) is 0 Å². The molecule has 2 aliphatic rings. The van der Waals surface area contributed by atoms with Crippen molar-refractivity contribution in [3.05, 3.63) is 41.5 Å². The van der Waals surface area contributed by atoms with Crippen molar-refractivity contribution in [2.75, 3.05) is 30.5 Å². The smallest absolute Gasteiger partial charge is 0.232 e. The van der Waals surface area contributed by atoms with Crippen LogP contribution in [0.3, 0.4) is 0 Å². The summed E-state index contributed by atoms with van der Waals surface area (Å²) in [6, 6.07) is 4.81. The van der Waals surface area contributed by atoms with Crippen LogP contribution in [0, 0.1) is 20.8 Å². The summed E-state index contributed by atoms with van der Waals surface area (Å²) >= 11 is 0. The first-order valence-corrected chi connectivity index (χ1v) is 19.4. The van der Waals surface area contributed by atoms with Gasteiger partial charge in [-0.3, -0.25) is 0 Å². The number of nitrogens with zero attached hydrogens (tertiary/aromatic N) is 7. The number of ether oxygens (including phenoxy) is 1. The number of fused-ring (bicyclic) bond motifs is 1. The minimum Gasteiger partial charge on any atom is -0.496 e. The molecule has 4 aromatic rings. The molecule has 11 heteroatoms. The molecule has 3 aromatic heterocycles. The van der Waals surface area contributed by atoms with E-state index in [0.29, 0.717) is 24.4 Å². The summed E-state index contributed by atoms with van der Waals surface area (Å²) in [6.07, 6.45) is 10.7. The van der Waals surface area contributed by atoms with Crippen LogP contribution in [0.5, 0.6) is 5.75 Å². The third-order valence-electron chi connectivity index (χ3n) is 10.4. The molecule has 45 heavy (non-hydrogen) atoms. The second-order valence-corrected chi connectivity index (χ2v) is 19.3. The zero-order valence-electron chi connectivity index (χ0n) is 28.6. The summed E-state index contributed by atoms with van der Waals surface area (Å²) in [7, 11) is -0.180. The summed E-state index contributed by atoms with van der Waals surface area (Å²) in [5.74, 6) is 3.03. The molecule has 0 amide bonds. The van der Waals surface area contributed by atoms with Crippen LogP contribution >= 0.6 is 0 Å². The maximum Gasteiger partial charge on any atom is 0.232 e. The molecule has 1 atom stereocenters. The summed E-state index contributed by atoms with van der Waals surface area (Å²) < 4.78 is 16.5. The number of anilines is 3. The summed E-state index contributed by atoms with van der Waals surface area (Å²) in [4.78, 5) is 17.4. The van der Waals surface area contributed by atoms with Crippen molar-refractivity contribution >= 4 is 36.9 Å². The quantitative estimate of drug-likeness (QED) is 0.187. The molecule has 242 valence electrons. The van der Waals surface area contributed by atoms with Gasteiger partial charge in [0.1, 0.15) is 17.9 Å². The molecule has 1 aromatic carbocycles. The molecule has 0 bridgehead atoms. The van der Waals surface area contributed by atoms with E-state index >= 15 is 0 Å². The van der Waals surface area contributed by atoms with E-state index in [1.807, 2.05) is 23.2 Å². The Kier molecular flexibility index (Phi) is 8.45. The van der Waals surface area contributed by atoms with Crippen molar-refractivity contribution in [1.29, 1.82) is 0 Å². The van der Waals surface area contributed by atoms with E-state index in [2.05, 4.69) is 80.6 Å². The zero-order chi connectivity index (χ0) is 32.1. The Labute approximate surface area is 268 Å². The van der Waals surface area contributed by atoms with Gasteiger partial charge in [-0.2, -0.15) is 15.1 Å². The van der Waals surface area contributed by atoms with Gasteiger partial charge in [0.05, 0.1) is 48.8 Å². The standard InChI is InChI=1S/C34H50N8O2Si/c1-22-17-27(18-28(43-7)23(22)2)40-19-29(35-21-40)36-33-37-31(30-24(3)39-42(32(30)38-33)25-13-10-11-14-25)41-16-12-15-26(41)20-44-45(8,9)34(4,5)6/h17-19,21,25-26H,10-16,20H2,1-9H3,(H,36,37,38)/t26-/m0/s1. The molecule has 1 aliphatic carbocycles. The van der Waals surface area contributed by atoms with Gasteiger partial charge in [0, 0.05) is 12.6 Å². The van der Waals surface area contributed by atoms with Crippen LogP contribution in [0.4, 0.5) is 17.6 Å². The van der Waals surface area contributed by atoms with Crippen molar-refractivity contribution < 1.29 is 9.16 Å². The Morgan fingerprint density at radius 3 is 2.49 bits per heavy atom. The molecule has 0 radical (unpaired) electrons. The normalized spacial score (nSPS) is 18.0. The third kappa shape index (κ3) is 6.08. The monoisotopic (exact) mass is 630 g/mol. The van der Waals surface area contributed by atoms with E-state index in [1.165, 1.54) is 18.4 Å². The first-order valence-electron chi connectivity index (χ1n) is 16.5. The van der Waals surface area contributed by atoms with Gasteiger partial charge in [-0.1, -0.05) is 33.6 Å². The Morgan fingerprint density at radius 2 is 1.78 bits per heavy atom. The second kappa shape index (κ2) is 12.1. The number of nitrogens with one attached hydrogen (secondary N) is 1. The number of rotatable bonds is 9. The van der Waals surface area contributed by atoms with Crippen LogP contribution < -0.4 is 15.0 Å². The van der Waals surface area contributed by atoms with Gasteiger partial charge < -0.3 is 23.9 Å². The van der Waals surface area contributed by atoms with Crippen molar-refractivity contribution in [2.45, 2.75) is 110 Å². The van der Waals surface area contributed by atoms with Crippen molar-refractivity contribution in [3.63, 3.8) is 0 Å². The highest BCUT2D eigenvalue weighted by Crippen LogP contribution is 2.40. The van der Waals surface area contributed by atoms with Crippen LogP contribution in [-0.2, 0) is 4.43 Å². The van der Waals surface area contributed by atoms with Crippen molar-refractivity contribution in [1.82, 2.24) is 29.3 Å². The van der Waals surface area contributed by atoms with Crippen LogP contribution in [-0.4, -0.2) is 63.9 Å². The lowest BCUT2D eigenvalue weighted by molar-refractivity contribution is 0.263. The average Bonchev–Trinajstić information content (AvgIpc) is 3.80. The predicted octanol–water partition coefficient (Wildman–Crippen LogP) is 7.80. The van der Waals surface area contributed by atoms with Gasteiger partial charge in [-0.05, 0) is 81.8 Å². The van der Waals surface area contributed by atoms with Crippen molar-refractivity contribution in [2.24, 2.45) is 0 Å². The molecule has 1 aliphatic heterocycles. The van der Waals surface area contributed by atoms with E-state index in [0.717, 1.165) is 71.8 Å². The van der Waals surface area contributed by atoms with Gasteiger partial charge in [0.2, 0.25) is 5.95 Å². The molecule has 6 rings (SSSR count). The lowest BCUT2D eigenvalue weighted by Crippen LogP contribution is -2.45. The highest BCUT2D eigenvalue weighted by Gasteiger charge is 2.39. The molecule has 0 unspecified atom stereocenters. The third-order valence-corrected chi connectivity index (χ3v) is 14.9. The Balaban J connectivity index is 1.36. The van der Waals surface area contributed by atoms with E-state index < -0.39 is 8.32 Å². The average molecular weight is 631 g/mol. The fraction of sp³-hybridized carbons (Fsp3) is 0.588. The van der Waals surface area contributed by atoms with E-state index in [4.69, 9.17) is 24.2 Å². The fourth-order valence-corrected chi connectivity index (χ4v) is 7.52. The molecule has 0 spiro atoms. The maximum atomic E-state index is 6.76. The second-order valence-electron chi connectivity index (χ2n) is 14.5. The summed E-state index contributed by atoms with van der Waals surface area (Å²) in [5, 5.41) is 9.74. The number of aromatic nitrogens is 6. The Bertz CT molecular complexity index is 1680. The minimum atomic E-state index is -1.89. The van der Waals surface area contributed by atoms with Gasteiger partial charge >= 0.3 is 0 Å². The number of hydrogen-bond acceptors (Lipinski definition) is 8. The van der Waals surface area contributed by atoms with Crippen LogP contribution in [0.1, 0.15) is 82.2 Å². The summed E-state index contributed by atoms with van der Waals surface area (Å²) in [5.41, 5.74) is 5.19. The minimum absolute atomic E-state index is 0.167. The van der Waals surface area contributed by atoms with Gasteiger partial charge in [0.15, 0.2) is 19.8 Å². The van der Waals surface area contributed by atoms with Crippen LogP contribution in [0.25, 0.3) is 16.7 Å². The van der Waals surface area contributed by atoms with Gasteiger partial charge in [0.25, 0.3) is 0 Å². The fourth-order valence-electron chi connectivity index (χ4n) is 6.47. The van der Waals surface area contributed by atoms with Gasteiger partial charge in [-0.15, -0.1) is 0 Å². The Morgan fingerprint density at radius 1 is 1.02 bits per heavy atom. The van der Waals surface area contributed by atoms with Gasteiger partial charge in [-0.25, -0.2) is 9.67 Å². The van der Waals surface area contributed by atoms with E-state index in [1.54, 1.807) is 7.11 Å². The van der Waals surface area contributed by atoms with Crippen LogP contribution in [0.2, 0.25) is 18.1 Å². The molecular formula is C34H50N8O2Si. The molecule has 2 fully saturated rings.